The molecule has 0 saturated heterocycles. The number of imidazole rings is 1. The van der Waals surface area contributed by atoms with E-state index in [0.717, 1.165) is 36.1 Å². The highest BCUT2D eigenvalue weighted by atomic mass is 32.1. The maximum Gasteiger partial charge on any atom is 0.212 e. The van der Waals surface area contributed by atoms with Gasteiger partial charge in [-0.3, -0.25) is 4.90 Å². The number of nitrogens with zero attached hydrogens (tertiary/aromatic N) is 3. The summed E-state index contributed by atoms with van der Waals surface area (Å²) in [6, 6.07) is 8.21. The summed E-state index contributed by atoms with van der Waals surface area (Å²) in [5, 5.41) is 3.89. The number of aryl methyl sites for hydroxylation is 1. The van der Waals surface area contributed by atoms with Gasteiger partial charge in [-0.25, -0.2) is 4.98 Å². The molecule has 0 atom stereocenters. The smallest absolute Gasteiger partial charge is 0.212 e. The van der Waals surface area contributed by atoms with E-state index < -0.39 is 0 Å². The summed E-state index contributed by atoms with van der Waals surface area (Å²) in [6.45, 7) is 6.28. The largest absolute Gasteiger partial charge is 0.359 e. The summed E-state index contributed by atoms with van der Waals surface area (Å²) in [5.74, 6) is 0.939. The van der Waals surface area contributed by atoms with Crippen molar-refractivity contribution >= 4 is 34.3 Å². The highest BCUT2D eigenvalue weighted by molar-refractivity contribution is 7.80. The summed E-state index contributed by atoms with van der Waals surface area (Å²) < 4.78 is 2.24. The Balaban J connectivity index is 2.00. The minimum Gasteiger partial charge on any atom is -0.359 e. The summed E-state index contributed by atoms with van der Waals surface area (Å²) in [5.41, 5.74) is 2.20. The molecule has 1 aliphatic heterocycles. The van der Waals surface area contributed by atoms with Crippen molar-refractivity contribution in [1.82, 2.24) is 14.9 Å². The van der Waals surface area contributed by atoms with Gasteiger partial charge in [0, 0.05) is 19.6 Å². The molecule has 0 radical (unpaired) electrons. The van der Waals surface area contributed by atoms with Gasteiger partial charge in [0.2, 0.25) is 5.95 Å². The first-order valence-electron chi connectivity index (χ1n) is 6.43. The fourth-order valence-electron chi connectivity index (χ4n) is 2.42. The number of thiocarbonyl (C=S) groups is 1. The van der Waals surface area contributed by atoms with E-state index in [-0.39, 0.29) is 0 Å². The first-order valence-corrected chi connectivity index (χ1v) is 6.83. The Morgan fingerprint density at radius 2 is 2.26 bits per heavy atom. The lowest BCUT2D eigenvalue weighted by molar-refractivity contribution is 0.608. The third kappa shape index (κ3) is 2.10. The van der Waals surface area contributed by atoms with Crippen LogP contribution in [0.25, 0.3) is 11.0 Å². The average Bonchev–Trinajstić information content (AvgIpc) is 2.83. The molecule has 4 nitrogen and oxygen atoms in total. The standard InChI is InChI=1S/C14H16N4S/c1-2-8-15-14(19)18-10-5-9-17-12-7-4-3-6-11(12)16-13(17)18/h2-4,6-7H,1,5,8-10H2,(H,15,19). The number of anilines is 1. The van der Waals surface area contributed by atoms with Crippen molar-refractivity contribution in [2.75, 3.05) is 18.0 Å². The lowest BCUT2D eigenvalue weighted by Gasteiger charge is -2.29. The Labute approximate surface area is 117 Å². The van der Waals surface area contributed by atoms with Crippen molar-refractivity contribution in [1.29, 1.82) is 0 Å². The molecule has 5 heteroatoms. The predicted molar refractivity (Wildman–Crippen MR) is 82.5 cm³/mol. The van der Waals surface area contributed by atoms with Gasteiger partial charge in [0.1, 0.15) is 0 Å². The molecule has 2 heterocycles. The van der Waals surface area contributed by atoms with Crippen molar-refractivity contribution < 1.29 is 0 Å². The van der Waals surface area contributed by atoms with Crippen molar-refractivity contribution in [3.63, 3.8) is 0 Å². The van der Waals surface area contributed by atoms with Crippen LogP contribution in [0.1, 0.15) is 6.42 Å². The molecule has 1 N–H and O–H groups in total. The van der Waals surface area contributed by atoms with E-state index in [1.165, 1.54) is 5.52 Å². The molecule has 0 fully saturated rings. The van der Waals surface area contributed by atoms with E-state index in [1.54, 1.807) is 6.08 Å². The zero-order valence-corrected chi connectivity index (χ0v) is 11.5. The Morgan fingerprint density at radius 1 is 1.42 bits per heavy atom. The molecular weight excluding hydrogens is 256 g/mol. The Kier molecular flexibility index (Phi) is 3.21. The van der Waals surface area contributed by atoms with Gasteiger partial charge in [-0.1, -0.05) is 18.2 Å². The second-order valence-corrected chi connectivity index (χ2v) is 4.92. The number of para-hydroxylation sites is 2. The topological polar surface area (TPSA) is 33.1 Å². The molecule has 19 heavy (non-hydrogen) atoms. The van der Waals surface area contributed by atoms with Crippen LogP contribution in [-0.2, 0) is 6.54 Å². The van der Waals surface area contributed by atoms with Gasteiger partial charge in [-0.05, 0) is 30.8 Å². The second kappa shape index (κ2) is 5.01. The monoisotopic (exact) mass is 272 g/mol. The van der Waals surface area contributed by atoms with E-state index in [2.05, 4.69) is 27.4 Å². The average molecular weight is 272 g/mol. The summed E-state index contributed by atoms with van der Waals surface area (Å²) in [4.78, 5) is 6.77. The maximum atomic E-state index is 5.43. The number of rotatable bonds is 2. The predicted octanol–water partition coefficient (Wildman–Crippen LogP) is 2.31. The van der Waals surface area contributed by atoms with Crippen LogP contribution in [0.15, 0.2) is 36.9 Å². The van der Waals surface area contributed by atoms with E-state index in [9.17, 15) is 0 Å². The normalized spacial score (nSPS) is 14.2. The van der Waals surface area contributed by atoms with E-state index >= 15 is 0 Å². The van der Waals surface area contributed by atoms with E-state index in [4.69, 9.17) is 17.2 Å². The molecule has 0 amide bonds. The third-order valence-electron chi connectivity index (χ3n) is 3.28. The van der Waals surface area contributed by atoms with Gasteiger partial charge in [0.05, 0.1) is 11.0 Å². The summed E-state index contributed by atoms with van der Waals surface area (Å²) in [6.07, 6.45) is 2.88. The van der Waals surface area contributed by atoms with Gasteiger partial charge in [-0.15, -0.1) is 6.58 Å². The number of hydrogen-bond donors (Lipinski definition) is 1. The van der Waals surface area contributed by atoms with E-state index in [1.807, 2.05) is 18.2 Å². The van der Waals surface area contributed by atoms with Crippen LogP contribution in [-0.4, -0.2) is 27.8 Å². The highest BCUT2D eigenvalue weighted by Crippen LogP contribution is 2.26. The number of hydrogen-bond acceptors (Lipinski definition) is 2. The molecule has 0 saturated carbocycles. The first-order chi connectivity index (χ1) is 9.31. The lowest BCUT2D eigenvalue weighted by Crippen LogP contribution is -2.44. The van der Waals surface area contributed by atoms with Crippen LogP contribution in [0.3, 0.4) is 0 Å². The van der Waals surface area contributed by atoms with Gasteiger partial charge < -0.3 is 9.88 Å². The molecule has 1 aliphatic rings. The number of benzene rings is 1. The SMILES string of the molecule is C=CCNC(=S)N1CCCn2c1nc1ccccc12. The van der Waals surface area contributed by atoms with Crippen LogP contribution in [0.2, 0.25) is 0 Å². The van der Waals surface area contributed by atoms with Crippen LogP contribution in [0.4, 0.5) is 5.95 Å². The Morgan fingerprint density at radius 3 is 3.11 bits per heavy atom. The molecule has 0 aliphatic carbocycles. The molecule has 0 spiro atoms. The molecule has 98 valence electrons. The summed E-state index contributed by atoms with van der Waals surface area (Å²) >= 11 is 5.43. The third-order valence-corrected chi connectivity index (χ3v) is 3.65. The van der Waals surface area contributed by atoms with Crippen molar-refractivity contribution in [2.45, 2.75) is 13.0 Å². The molecule has 1 aromatic heterocycles. The molecule has 2 aromatic rings. The van der Waals surface area contributed by atoms with Crippen molar-refractivity contribution in [3.8, 4) is 0 Å². The maximum absolute atomic E-state index is 5.43. The van der Waals surface area contributed by atoms with Crippen LogP contribution >= 0.6 is 12.2 Å². The zero-order chi connectivity index (χ0) is 13.2. The molecular formula is C14H16N4S. The number of nitrogens with one attached hydrogen (secondary N) is 1. The van der Waals surface area contributed by atoms with Gasteiger partial charge >= 0.3 is 0 Å². The second-order valence-electron chi connectivity index (χ2n) is 4.53. The van der Waals surface area contributed by atoms with Crippen LogP contribution in [0.5, 0.6) is 0 Å². The van der Waals surface area contributed by atoms with Gasteiger partial charge in [0.25, 0.3) is 0 Å². The lowest BCUT2D eigenvalue weighted by atomic mass is 10.3. The Hall–Kier alpha value is -1.88. The van der Waals surface area contributed by atoms with E-state index in [0.29, 0.717) is 6.54 Å². The quantitative estimate of drug-likeness (QED) is 0.672. The molecule has 0 bridgehead atoms. The van der Waals surface area contributed by atoms with Gasteiger partial charge in [-0.2, -0.15) is 0 Å². The van der Waals surface area contributed by atoms with Crippen molar-refractivity contribution in [2.24, 2.45) is 0 Å². The Bertz CT molecular complexity index is 631. The van der Waals surface area contributed by atoms with Crippen LogP contribution in [0, 0.1) is 0 Å². The van der Waals surface area contributed by atoms with Gasteiger partial charge in [0.15, 0.2) is 5.11 Å². The zero-order valence-electron chi connectivity index (χ0n) is 10.7. The first kappa shape index (κ1) is 12.2. The molecule has 0 unspecified atom stereocenters. The number of fused-ring (bicyclic) bond motifs is 3. The summed E-state index contributed by atoms with van der Waals surface area (Å²) in [7, 11) is 0. The fraction of sp³-hybridized carbons (Fsp3) is 0.286. The number of aromatic nitrogens is 2. The van der Waals surface area contributed by atoms with Crippen molar-refractivity contribution in [3.05, 3.63) is 36.9 Å². The minimum atomic E-state index is 0.676. The fourth-order valence-corrected chi connectivity index (χ4v) is 2.68. The minimum absolute atomic E-state index is 0.676. The highest BCUT2D eigenvalue weighted by Gasteiger charge is 2.23. The molecule has 1 aromatic carbocycles. The van der Waals surface area contributed by atoms with Crippen LogP contribution < -0.4 is 10.2 Å². The molecule has 3 rings (SSSR count).